The largest absolute Gasteiger partial charge is 0.493 e. The summed E-state index contributed by atoms with van der Waals surface area (Å²) in [6.07, 6.45) is 8.99. The fraction of sp³-hybridized carbons (Fsp3) is 0.417. The van der Waals surface area contributed by atoms with Crippen molar-refractivity contribution in [1.29, 1.82) is 0 Å². The van der Waals surface area contributed by atoms with Gasteiger partial charge >= 0.3 is 0 Å². The molecule has 2 N–H and O–H groups in total. The molecule has 3 aromatic heterocycles. The Balaban J connectivity index is 1.18. The molecule has 6 heterocycles. The van der Waals surface area contributed by atoms with E-state index in [0.29, 0.717) is 80.4 Å². The number of halogens is 2. The molecule has 262 valence electrons. The van der Waals surface area contributed by atoms with Crippen LogP contribution in [0.2, 0.25) is 0 Å². The number of piperazine rings is 1. The normalized spacial score (nSPS) is 17.0. The zero-order chi connectivity index (χ0) is 34.8. The fourth-order valence-corrected chi connectivity index (χ4v) is 7.22. The lowest BCUT2D eigenvalue weighted by atomic mass is 9.88. The molecule has 0 radical (unpaired) electrons. The summed E-state index contributed by atoms with van der Waals surface area (Å²) in [5.41, 5.74) is 5.14. The third-order valence-corrected chi connectivity index (χ3v) is 9.91. The maximum atomic E-state index is 16.7. The number of benzene rings is 1. The third kappa shape index (κ3) is 6.59. The third-order valence-electron chi connectivity index (χ3n) is 9.91. The van der Waals surface area contributed by atoms with Crippen molar-refractivity contribution in [1.82, 2.24) is 40.1 Å². The maximum Gasteiger partial charge on any atom is 0.270 e. The topological polar surface area (TPSA) is 125 Å². The number of aryl methyl sites for hydroxylation is 1. The van der Waals surface area contributed by atoms with E-state index in [0.717, 1.165) is 43.3 Å². The SMILES string of the molecule is CCC1=C(c2cc(C3=CCCN(C(=O)CCn4ccnn4)C3)c(F)c3[nH]c(C(=O)N4CCN(c5ncc(F)cc5OC)CC4)cc23)CCNC1. The van der Waals surface area contributed by atoms with E-state index in [-0.39, 0.29) is 23.8 Å². The highest BCUT2D eigenvalue weighted by molar-refractivity contribution is 6.03. The molecule has 1 aromatic carbocycles. The van der Waals surface area contributed by atoms with E-state index in [9.17, 15) is 14.0 Å². The summed E-state index contributed by atoms with van der Waals surface area (Å²) in [7, 11) is 1.47. The van der Waals surface area contributed by atoms with Gasteiger partial charge in [-0.3, -0.25) is 14.3 Å². The number of aromatic nitrogens is 5. The number of nitrogens with zero attached hydrogens (tertiary/aromatic N) is 7. The van der Waals surface area contributed by atoms with Crippen molar-refractivity contribution in [3.63, 3.8) is 0 Å². The summed E-state index contributed by atoms with van der Waals surface area (Å²) < 4.78 is 37.4. The first kappa shape index (κ1) is 33.4. The van der Waals surface area contributed by atoms with Crippen LogP contribution in [0.15, 0.2) is 48.4 Å². The van der Waals surface area contributed by atoms with E-state index in [1.165, 1.54) is 24.3 Å². The zero-order valence-electron chi connectivity index (χ0n) is 28.3. The Bertz CT molecular complexity index is 1960. The number of methoxy groups -OCH3 is 1. The predicted octanol–water partition coefficient (Wildman–Crippen LogP) is 4.27. The summed E-state index contributed by atoms with van der Waals surface area (Å²) in [4.78, 5) is 40.0. The number of pyridine rings is 1. The van der Waals surface area contributed by atoms with Crippen molar-refractivity contribution >= 4 is 39.7 Å². The van der Waals surface area contributed by atoms with Crippen LogP contribution in [0.1, 0.15) is 54.2 Å². The van der Waals surface area contributed by atoms with Gasteiger partial charge in [-0.05, 0) is 54.6 Å². The molecular weight excluding hydrogens is 644 g/mol. The Labute approximate surface area is 288 Å². The quantitative estimate of drug-likeness (QED) is 0.268. The summed E-state index contributed by atoms with van der Waals surface area (Å²) in [5.74, 6) is -0.292. The van der Waals surface area contributed by atoms with E-state index in [1.54, 1.807) is 32.9 Å². The highest BCUT2D eigenvalue weighted by Gasteiger charge is 2.29. The van der Waals surface area contributed by atoms with E-state index in [1.807, 2.05) is 17.0 Å². The average Bonchev–Trinajstić information content (AvgIpc) is 3.85. The number of amides is 2. The van der Waals surface area contributed by atoms with E-state index in [4.69, 9.17) is 4.74 Å². The molecule has 2 amide bonds. The van der Waals surface area contributed by atoms with Gasteiger partial charge in [0.2, 0.25) is 5.91 Å². The van der Waals surface area contributed by atoms with Gasteiger partial charge in [-0.1, -0.05) is 23.8 Å². The highest BCUT2D eigenvalue weighted by atomic mass is 19.1. The first-order chi connectivity index (χ1) is 24.3. The van der Waals surface area contributed by atoms with Crippen molar-refractivity contribution in [2.24, 2.45) is 0 Å². The number of fused-ring (bicyclic) bond motifs is 1. The van der Waals surface area contributed by atoms with Crippen LogP contribution in [0.25, 0.3) is 22.0 Å². The minimum Gasteiger partial charge on any atom is -0.493 e. The molecule has 3 aliphatic rings. The van der Waals surface area contributed by atoms with E-state index in [2.05, 4.69) is 32.5 Å². The Morgan fingerprint density at radius 3 is 2.64 bits per heavy atom. The monoisotopic (exact) mass is 685 g/mol. The number of hydrogen-bond donors (Lipinski definition) is 2. The lowest BCUT2D eigenvalue weighted by molar-refractivity contribution is -0.131. The average molecular weight is 686 g/mol. The van der Waals surface area contributed by atoms with Gasteiger partial charge in [0.05, 0.1) is 31.6 Å². The van der Waals surface area contributed by atoms with Gasteiger partial charge in [-0.25, -0.2) is 13.8 Å². The lowest BCUT2D eigenvalue weighted by Crippen LogP contribution is -2.49. The molecule has 0 atom stereocenters. The Morgan fingerprint density at radius 1 is 1.04 bits per heavy atom. The molecule has 0 spiro atoms. The number of H-pyrrole nitrogens is 1. The van der Waals surface area contributed by atoms with Crippen molar-refractivity contribution in [3.8, 4) is 5.75 Å². The van der Waals surface area contributed by atoms with Crippen LogP contribution in [0, 0.1) is 11.6 Å². The molecule has 1 saturated heterocycles. The number of rotatable bonds is 9. The zero-order valence-corrected chi connectivity index (χ0v) is 28.3. The second-order valence-electron chi connectivity index (χ2n) is 12.8. The molecule has 0 bridgehead atoms. The van der Waals surface area contributed by atoms with Gasteiger partial charge < -0.3 is 29.7 Å². The second-order valence-corrected chi connectivity index (χ2v) is 12.8. The lowest BCUT2D eigenvalue weighted by Gasteiger charge is -2.35. The number of ether oxygens (including phenoxy) is 1. The summed E-state index contributed by atoms with van der Waals surface area (Å²) in [5, 5.41) is 11.9. The molecule has 0 saturated carbocycles. The Morgan fingerprint density at radius 2 is 1.88 bits per heavy atom. The summed E-state index contributed by atoms with van der Waals surface area (Å²) >= 11 is 0. The molecule has 0 unspecified atom stereocenters. The van der Waals surface area contributed by atoms with Crippen molar-refractivity contribution in [2.75, 3.05) is 64.4 Å². The molecule has 50 heavy (non-hydrogen) atoms. The van der Waals surface area contributed by atoms with Crippen LogP contribution in [0.3, 0.4) is 0 Å². The molecule has 4 aromatic rings. The van der Waals surface area contributed by atoms with Crippen LogP contribution in [-0.4, -0.2) is 106 Å². The molecule has 14 heteroatoms. The Kier molecular flexibility index (Phi) is 9.61. The van der Waals surface area contributed by atoms with Gasteiger partial charge in [-0.2, -0.15) is 0 Å². The van der Waals surface area contributed by atoms with Crippen LogP contribution in [0.4, 0.5) is 14.6 Å². The van der Waals surface area contributed by atoms with Gasteiger partial charge in [-0.15, -0.1) is 5.10 Å². The molecule has 3 aliphatic heterocycles. The minimum atomic E-state index is -0.482. The number of aromatic amines is 1. The molecule has 0 aliphatic carbocycles. The fourth-order valence-electron chi connectivity index (χ4n) is 7.22. The van der Waals surface area contributed by atoms with Crippen LogP contribution < -0.4 is 15.0 Å². The van der Waals surface area contributed by atoms with Crippen LogP contribution in [-0.2, 0) is 11.3 Å². The van der Waals surface area contributed by atoms with Crippen LogP contribution in [0.5, 0.6) is 5.75 Å². The number of nitrogens with one attached hydrogen (secondary N) is 2. The molecule has 7 rings (SSSR count). The molecule has 1 fully saturated rings. The maximum absolute atomic E-state index is 16.7. The van der Waals surface area contributed by atoms with Gasteiger partial charge in [0.25, 0.3) is 5.91 Å². The number of anilines is 1. The van der Waals surface area contributed by atoms with Gasteiger partial charge in [0, 0.05) is 75.4 Å². The molecule has 12 nitrogen and oxygen atoms in total. The number of carbonyl (C=O) groups excluding carboxylic acids is 2. The van der Waals surface area contributed by atoms with E-state index >= 15 is 4.39 Å². The van der Waals surface area contributed by atoms with Crippen molar-refractivity contribution in [3.05, 3.63) is 76.9 Å². The Hall–Kier alpha value is -5.11. The first-order valence-electron chi connectivity index (χ1n) is 17.2. The first-order valence-corrected chi connectivity index (χ1v) is 17.2. The van der Waals surface area contributed by atoms with Crippen molar-refractivity contribution in [2.45, 2.75) is 39.2 Å². The smallest absolute Gasteiger partial charge is 0.270 e. The highest BCUT2D eigenvalue weighted by Crippen LogP contribution is 2.38. The standard InChI is InChI=1S/C36H41F2N9O3/c1-3-23-20-39-8-6-26(23)28-18-27(24-5-4-10-46(22-24)32(48)7-11-47-12-9-41-43-47)33(38)34-29(28)19-30(42-34)36(49)45-15-13-44(14-16-45)35-31(50-2)17-25(37)21-40-35/h5,9,12,17-19,21,39,42H,3-4,6-8,10-11,13-16,20,22H2,1-2H3. The molecular formula is C36H41F2N9O3. The van der Waals surface area contributed by atoms with Gasteiger partial charge in [0.1, 0.15) is 11.5 Å². The number of carbonyl (C=O) groups is 2. The summed E-state index contributed by atoms with van der Waals surface area (Å²) in [6.45, 7) is 6.73. The second kappa shape index (κ2) is 14.4. The van der Waals surface area contributed by atoms with Gasteiger partial charge in [0.15, 0.2) is 17.4 Å². The van der Waals surface area contributed by atoms with Crippen LogP contribution >= 0.6 is 0 Å². The van der Waals surface area contributed by atoms with E-state index < -0.39 is 11.6 Å². The van der Waals surface area contributed by atoms with Crippen molar-refractivity contribution < 1.29 is 23.1 Å². The summed E-state index contributed by atoms with van der Waals surface area (Å²) in [6, 6.07) is 5.01. The predicted molar refractivity (Wildman–Crippen MR) is 186 cm³/mol. The minimum absolute atomic E-state index is 0.0244. The number of hydrogen-bond acceptors (Lipinski definition) is 8.